The molecule has 0 saturated heterocycles. The van der Waals surface area contributed by atoms with Gasteiger partial charge in [0.1, 0.15) is 5.58 Å². The quantitative estimate of drug-likeness (QED) is 0.610. The standard InChI is InChI=1S/C21H19NO7/c1-2-25-10-15-14-5-3-4-6-16(14)29-20(15)21(24)26-11-19(23)22-13-7-8-17-18(9-13)28-12-27-17/h3-9H,2,10-12H2,1H3,(H,22,23). The number of para-hydroxylation sites is 1. The molecule has 1 aliphatic rings. The van der Waals surface area contributed by atoms with E-state index in [0.29, 0.717) is 34.9 Å². The Bertz CT molecular complexity index is 1060. The van der Waals surface area contributed by atoms with Crippen LogP contribution in [0.3, 0.4) is 0 Å². The molecule has 1 aliphatic heterocycles. The number of hydrogen-bond donors (Lipinski definition) is 1. The van der Waals surface area contributed by atoms with Crippen molar-refractivity contribution < 1.29 is 33.0 Å². The number of rotatable bonds is 7. The summed E-state index contributed by atoms with van der Waals surface area (Å²) in [4.78, 5) is 24.7. The largest absolute Gasteiger partial charge is 0.454 e. The number of hydrogen-bond acceptors (Lipinski definition) is 7. The Morgan fingerprint density at radius 2 is 1.93 bits per heavy atom. The van der Waals surface area contributed by atoms with Crippen LogP contribution in [0, 0.1) is 0 Å². The first-order valence-electron chi connectivity index (χ1n) is 9.10. The van der Waals surface area contributed by atoms with Crippen LogP contribution < -0.4 is 14.8 Å². The Labute approximate surface area is 166 Å². The van der Waals surface area contributed by atoms with E-state index in [2.05, 4.69) is 5.32 Å². The van der Waals surface area contributed by atoms with E-state index in [0.717, 1.165) is 5.39 Å². The second kappa shape index (κ2) is 8.24. The first-order chi connectivity index (χ1) is 14.2. The number of ether oxygens (including phenoxy) is 4. The fraction of sp³-hybridized carbons (Fsp3) is 0.238. The Morgan fingerprint density at radius 1 is 1.10 bits per heavy atom. The molecule has 0 fully saturated rings. The topological polar surface area (TPSA) is 96.2 Å². The summed E-state index contributed by atoms with van der Waals surface area (Å²) in [7, 11) is 0. The third-order valence-electron chi connectivity index (χ3n) is 4.32. The van der Waals surface area contributed by atoms with Crippen molar-refractivity contribution in [2.75, 3.05) is 25.3 Å². The lowest BCUT2D eigenvalue weighted by atomic mass is 10.1. The molecule has 0 bridgehead atoms. The van der Waals surface area contributed by atoms with Crippen LogP contribution in [0.1, 0.15) is 23.0 Å². The predicted octanol–water partition coefficient (Wildman–Crippen LogP) is 3.49. The molecule has 0 atom stereocenters. The minimum atomic E-state index is -0.725. The minimum absolute atomic E-state index is 0.0375. The molecular weight excluding hydrogens is 378 g/mol. The Morgan fingerprint density at radius 3 is 2.79 bits per heavy atom. The Balaban J connectivity index is 1.42. The van der Waals surface area contributed by atoms with Crippen molar-refractivity contribution in [3.63, 3.8) is 0 Å². The van der Waals surface area contributed by atoms with Crippen LogP contribution in [0.25, 0.3) is 11.0 Å². The number of fused-ring (bicyclic) bond motifs is 2. The average molecular weight is 397 g/mol. The summed E-state index contributed by atoms with van der Waals surface area (Å²) in [5, 5.41) is 3.42. The van der Waals surface area contributed by atoms with Crippen LogP contribution >= 0.6 is 0 Å². The van der Waals surface area contributed by atoms with Gasteiger partial charge in [0.2, 0.25) is 12.6 Å². The van der Waals surface area contributed by atoms with Crippen molar-refractivity contribution in [3.8, 4) is 11.5 Å². The molecule has 0 aliphatic carbocycles. The second-order valence-electron chi connectivity index (χ2n) is 6.24. The van der Waals surface area contributed by atoms with Gasteiger partial charge in [0.05, 0.1) is 6.61 Å². The van der Waals surface area contributed by atoms with Gasteiger partial charge in [0.25, 0.3) is 5.91 Å². The number of anilines is 1. The third-order valence-corrected chi connectivity index (χ3v) is 4.32. The molecule has 29 heavy (non-hydrogen) atoms. The van der Waals surface area contributed by atoms with E-state index in [1.165, 1.54) is 0 Å². The maximum Gasteiger partial charge on any atom is 0.375 e. The molecular formula is C21H19NO7. The van der Waals surface area contributed by atoms with E-state index in [4.69, 9.17) is 23.4 Å². The lowest BCUT2D eigenvalue weighted by Crippen LogP contribution is -2.21. The van der Waals surface area contributed by atoms with Crippen molar-refractivity contribution in [1.82, 2.24) is 0 Å². The SMILES string of the molecule is CCOCc1c(C(=O)OCC(=O)Nc2ccc3c(c2)OCO3)oc2ccccc12. The zero-order valence-electron chi connectivity index (χ0n) is 15.7. The molecule has 0 radical (unpaired) electrons. The molecule has 0 spiro atoms. The minimum Gasteiger partial charge on any atom is -0.454 e. The highest BCUT2D eigenvalue weighted by atomic mass is 16.7. The van der Waals surface area contributed by atoms with E-state index in [1.54, 1.807) is 24.3 Å². The summed E-state index contributed by atoms with van der Waals surface area (Å²) < 4.78 is 26.7. The van der Waals surface area contributed by atoms with E-state index < -0.39 is 18.5 Å². The zero-order valence-corrected chi connectivity index (χ0v) is 15.7. The van der Waals surface area contributed by atoms with Gasteiger partial charge in [0.15, 0.2) is 18.1 Å². The molecule has 0 unspecified atom stereocenters. The summed E-state index contributed by atoms with van der Waals surface area (Å²) in [6.45, 7) is 2.25. The highest BCUT2D eigenvalue weighted by molar-refractivity contribution is 5.98. The third kappa shape index (κ3) is 4.02. The van der Waals surface area contributed by atoms with Crippen molar-refractivity contribution in [1.29, 1.82) is 0 Å². The molecule has 4 rings (SSSR count). The molecule has 0 saturated carbocycles. The summed E-state index contributed by atoms with van der Waals surface area (Å²) in [6.07, 6.45) is 0. The predicted molar refractivity (Wildman–Crippen MR) is 103 cm³/mol. The van der Waals surface area contributed by atoms with Crippen molar-refractivity contribution >= 4 is 28.5 Å². The Kier molecular flexibility index (Phi) is 5.35. The monoisotopic (exact) mass is 397 g/mol. The first kappa shape index (κ1) is 18.8. The molecule has 2 aromatic carbocycles. The number of carbonyl (C=O) groups excluding carboxylic acids is 2. The van der Waals surface area contributed by atoms with Crippen LogP contribution in [0.5, 0.6) is 11.5 Å². The summed E-state index contributed by atoms with van der Waals surface area (Å²) in [5.74, 6) is -0.0178. The lowest BCUT2D eigenvalue weighted by Gasteiger charge is -2.07. The molecule has 1 amide bonds. The van der Waals surface area contributed by atoms with Gasteiger partial charge in [-0.25, -0.2) is 4.79 Å². The van der Waals surface area contributed by atoms with Crippen molar-refractivity contribution in [3.05, 3.63) is 53.8 Å². The highest BCUT2D eigenvalue weighted by Crippen LogP contribution is 2.34. The van der Waals surface area contributed by atoms with Crippen LogP contribution in [0.2, 0.25) is 0 Å². The number of benzene rings is 2. The zero-order chi connectivity index (χ0) is 20.2. The van der Waals surface area contributed by atoms with E-state index in [9.17, 15) is 9.59 Å². The summed E-state index contributed by atoms with van der Waals surface area (Å²) >= 11 is 0. The summed E-state index contributed by atoms with van der Waals surface area (Å²) in [6, 6.07) is 12.3. The summed E-state index contributed by atoms with van der Waals surface area (Å²) in [5.41, 5.74) is 1.67. The molecule has 150 valence electrons. The highest BCUT2D eigenvalue weighted by Gasteiger charge is 2.23. The van der Waals surface area contributed by atoms with Gasteiger partial charge in [-0.3, -0.25) is 4.79 Å². The normalized spacial score (nSPS) is 12.2. The molecule has 8 heteroatoms. The number of furan rings is 1. The van der Waals surface area contributed by atoms with Crippen molar-refractivity contribution in [2.45, 2.75) is 13.5 Å². The Hall–Kier alpha value is -3.52. The maximum atomic E-state index is 12.5. The van der Waals surface area contributed by atoms with Gasteiger partial charge < -0.3 is 28.7 Å². The molecule has 1 aromatic heterocycles. The maximum absolute atomic E-state index is 12.5. The van der Waals surface area contributed by atoms with Crippen LogP contribution in [0.15, 0.2) is 46.9 Å². The number of carbonyl (C=O) groups is 2. The molecule has 1 N–H and O–H groups in total. The lowest BCUT2D eigenvalue weighted by molar-refractivity contribution is -0.119. The fourth-order valence-corrected chi connectivity index (χ4v) is 2.98. The fourth-order valence-electron chi connectivity index (χ4n) is 2.98. The molecule has 2 heterocycles. The van der Waals surface area contributed by atoms with Gasteiger partial charge in [-0.2, -0.15) is 0 Å². The second-order valence-corrected chi connectivity index (χ2v) is 6.24. The first-order valence-corrected chi connectivity index (χ1v) is 9.10. The van der Waals surface area contributed by atoms with E-state index >= 15 is 0 Å². The van der Waals surface area contributed by atoms with Gasteiger partial charge in [0, 0.05) is 29.3 Å². The number of esters is 1. The number of nitrogens with one attached hydrogen (secondary N) is 1. The van der Waals surface area contributed by atoms with E-state index in [-0.39, 0.29) is 19.2 Å². The van der Waals surface area contributed by atoms with Crippen LogP contribution in [-0.4, -0.2) is 31.9 Å². The van der Waals surface area contributed by atoms with Gasteiger partial charge in [-0.05, 0) is 25.1 Å². The molecule has 8 nitrogen and oxygen atoms in total. The van der Waals surface area contributed by atoms with Crippen LogP contribution in [0.4, 0.5) is 5.69 Å². The van der Waals surface area contributed by atoms with Crippen molar-refractivity contribution in [2.24, 2.45) is 0 Å². The smallest absolute Gasteiger partial charge is 0.375 e. The van der Waals surface area contributed by atoms with Gasteiger partial charge >= 0.3 is 5.97 Å². The molecule has 3 aromatic rings. The van der Waals surface area contributed by atoms with E-state index in [1.807, 2.05) is 25.1 Å². The number of amides is 1. The average Bonchev–Trinajstić information content (AvgIpc) is 3.34. The van der Waals surface area contributed by atoms with Gasteiger partial charge in [-0.15, -0.1) is 0 Å². The van der Waals surface area contributed by atoms with Crippen LogP contribution in [-0.2, 0) is 20.9 Å². The van der Waals surface area contributed by atoms with Gasteiger partial charge in [-0.1, -0.05) is 18.2 Å².